The molecule has 0 radical (unpaired) electrons. The van der Waals surface area contributed by atoms with Crippen LogP contribution in [-0.4, -0.2) is 0 Å². The van der Waals surface area contributed by atoms with Gasteiger partial charge in [0.15, 0.2) is 0 Å². The first kappa shape index (κ1) is 9.23. The van der Waals surface area contributed by atoms with E-state index in [-0.39, 0.29) is 0 Å². The molecule has 4 rings (SSSR count). The summed E-state index contributed by atoms with van der Waals surface area (Å²) in [5, 5.41) is 5.82. The lowest BCUT2D eigenvalue weighted by molar-refractivity contribution is 0.967. The standard InChI is InChI=1S/C17H14/c1-11-5-6-14-8-7-12-3-2-4-13-9-10-15(11)17(14)16(12)13/h2-6,9-10H,7-8H2,1H3. The second kappa shape index (κ2) is 3.10. The minimum Gasteiger partial charge on any atom is -0.0614 e. The number of aryl methyl sites for hydroxylation is 3. The van der Waals surface area contributed by atoms with E-state index in [4.69, 9.17) is 0 Å². The maximum Gasteiger partial charge on any atom is -0.00678 e. The van der Waals surface area contributed by atoms with Crippen LogP contribution in [0.2, 0.25) is 0 Å². The molecule has 3 aromatic rings. The second-order valence-corrected chi connectivity index (χ2v) is 5.04. The van der Waals surface area contributed by atoms with Gasteiger partial charge in [0, 0.05) is 0 Å². The zero-order chi connectivity index (χ0) is 11.4. The van der Waals surface area contributed by atoms with Crippen LogP contribution in [0, 0.1) is 6.92 Å². The predicted octanol–water partition coefficient (Wildman–Crippen LogP) is 4.40. The Hall–Kier alpha value is -1.82. The number of rotatable bonds is 0. The van der Waals surface area contributed by atoms with Gasteiger partial charge < -0.3 is 0 Å². The SMILES string of the molecule is Cc1ccc2c3c1ccc1cccc(c13)CC2. The van der Waals surface area contributed by atoms with Crippen molar-refractivity contribution < 1.29 is 0 Å². The van der Waals surface area contributed by atoms with Gasteiger partial charge in [-0.25, -0.2) is 0 Å². The summed E-state index contributed by atoms with van der Waals surface area (Å²) in [4.78, 5) is 0. The Bertz CT molecular complexity index is 751. The summed E-state index contributed by atoms with van der Waals surface area (Å²) in [5.74, 6) is 0. The Labute approximate surface area is 101 Å². The minimum absolute atomic E-state index is 1.19. The van der Waals surface area contributed by atoms with Gasteiger partial charge in [0.2, 0.25) is 0 Å². The smallest absolute Gasteiger partial charge is 0.00678 e. The molecule has 0 nitrogen and oxygen atoms in total. The summed E-state index contributed by atoms with van der Waals surface area (Å²) in [6.45, 7) is 2.21. The third-order valence-electron chi connectivity index (χ3n) is 4.08. The highest BCUT2D eigenvalue weighted by Crippen LogP contribution is 2.36. The summed E-state index contributed by atoms with van der Waals surface area (Å²) < 4.78 is 0. The molecular weight excluding hydrogens is 204 g/mol. The van der Waals surface area contributed by atoms with Crippen molar-refractivity contribution in [1.29, 1.82) is 0 Å². The first-order chi connectivity index (χ1) is 8.34. The molecule has 0 unspecified atom stereocenters. The van der Waals surface area contributed by atoms with Crippen molar-refractivity contribution in [2.75, 3.05) is 0 Å². The van der Waals surface area contributed by atoms with E-state index in [0.717, 1.165) is 0 Å². The van der Waals surface area contributed by atoms with Gasteiger partial charge in [0.25, 0.3) is 0 Å². The Morgan fingerprint density at radius 3 is 2.47 bits per heavy atom. The molecule has 0 heteroatoms. The van der Waals surface area contributed by atoms with E-state index in [1.165, 1.54) is 51.1 Å². The molecule has 1 aliphatic rings. The molecule has 0 bridgehead atoms. The third kappa shape index (κ3) is 1.13. The molecule has 0 saturated heterocycles. The third-order valence-corrected chi connectivity index (χ3v) is 4.08. The molecule has 0 aromatic heterocycles. The second-order valence-electron chi connectivity index (χ2n) is 5.04. The Morgan fingerprint density at radius 1 is 0.765 bits per heavy atom. The highest BCUT2D eigenvalue weighted by molar-refractivity contribution is 6.12. The molecule has 17 heavy (non-hydrogen) atoms. The Morgan fingerprint density at radius 2 is 1.59 bits per heavy atom. The monoisotopic (exact) mass is 218 g/mol. The van der Waals surface area contributed by atoms with Crippen molar-refractivity contribution in [3.8, 4) is 0 Å². The number of hydrogen-bond acceptors (Lipinski definition) is 0. The van der Waals surface area contributed by atoms with Crippen LogP contribution < -0.4 is 0 Å². The van der Waals surface area contributed by atoms with Crippen LogP contribution in [-0.2, 0) is 12.8 Å². The summed E-state index contributed by atoms with van der Waals surface area (Å²) in [6.07, 6.45) is 2.37. The van der Waals surface area contributed by atoms with E-state index in [1.54, 1.807) is 0 Å². The average Bonchev–Trinajstić information content (AvgIpc) is 2.38. The molecule has 0 saturated carbocycles. The molecule has 0 aliphatic heterocycles. The molecule has 1 aliphatic carbocycles. The fourth-order valence-corrected chi connectivity index (χ4v) is 3.20. The molecule has 3 aromatic carbocycles. The van der Waals surface area contributed by atoms with E-state index in [1.807, 2.05) is 0 Å². The van der Waals surface area contributed by atoms with E-state index in [0.29, 0.717) is 0 Å². The lowest BCUT2D eigenvalue weighted by Crippen LogP contribution is -2.01. The van der Waals surface area contributed by atoms with E-state index in [9.17, 15) is 0 Å². The van der Waals surface area contributed by atoms with Crippen LogP contribution in [0.25, 0.3) is 21.5 Å². The predicted molar refractivity (Wildman–Crippen MR) is 73.6 cm³/mol. The summed E-state index contributed by atoms with van der Waals surface area (Å²) in [7, 11) is 0. The Balaban J connectivity index is 2.39. The van der Waals surface area contributed by atoms with Gasteiger partial charge in [-0.05, 0) is 58.0 Å². The van der Waals surface area contributed by atoms with Gasteiger partial charge >= 0.3 is 0 Å². The minimum atomic E-state index is 1.19. The fraction of sp³-hybridized carbons (Fsp3) is 0.176. The van der Waals surface area contributed by atoms with Crippen molar-refractivity contribution in [1.82, 2.24) is 0 Å². The maximum atomic E-state index is 2.31. The van der Waals surface area contributed by atoms with Crippen molar-refractivity contribution in [3.63, 3.8) is 0 Å². The first-order valence-electron chi connectivity index (χ1n) is 6.27. The summed E-state index contributed by atoms with van der Waals surface area (Å²) in [5.41, 5.74) is 4.43. The van der Waals surface area contributed by atoms with Gasteiger partial charge in [-0.15, -0.1) is 0 Å². The lowest BCUT2D eigenvalue weighted by Gasteiger charge is -2.19. The molecule has 0 spiro atoms. The normalized spacial score (nSPS) is 13.7. The zero-order valence-electron chi connectivity index (χ0n) is 9.96. The van der Waals surface area contributed by atoms with Crippen molar-refractivity contribution >= 4 is 21.5 Å². The molecule has 0 amide bonds. The van der Waals surface area contributed by atoms with Gasteiger partial charge in [-0.2, -0.15) is 0 Å². The molecule has 0 N–H and O–H groups in total. The largest absolute Gasteiger partial charge is 0.0614 e. The molecule has 0 heterocycles. The summed E-state index contributed by atoms with van der Waals surface area (Å²) in [6, 6.07) is 15.8. The van der Waals surface area contributed by atoms with Crippen LogP contribution in [0.5, 0.6) is 0 Å². The van der Waals surface area contributed by atoms with E-state index >= 15 is 0 Å². The fourth-order valence-electron chi connectivity index (χ4n) is 3.20. The van der Waals surface area contributed by atoms with Gasteiger partial charge in [0.05, 0.1) is 0 Å². The van der Waals surface area contributed by atoms with Gasteiger partial charge in [-0.3, -0.25) is 0 Å². The topological polar surface area (TPSA) is 0 Å². The van der Waals surface area contributed by atoms with Gasteiger partial charge in [-0.1, -0.05) is 42.5 Å². The average molecular weight is 218 g/mol. The van der Waals surface area contributed by atoms with E-state index < -0.39 is 0 Å². The zero-order valence-corrected chi connectivity index (χ0v) is 9.96. The van der Waals surface area contributed by atoms with Crippen LogP contribution in [0.3, 0.4) is 0 Å². The van der Waals surface area contributed by atoms with Crippen LogP contribution in [0.1, 0.15) is 16.7 Å². The maximum absolute atomic E-state index is 2.31. The quantitative estimate of drug-likeness (QED) is 0.491. The molecule has 0 atom stereocenters. The molecule has 0 fully saturated rings. The van der Waals surface area contributed by atoms with Crippen LogP contribution >= 0.6 is 0 Å². The molecular formula is C17H14. The van der Waals surface area contributed by atoms with Gasteiger partial charge in [0.1, 0.15) is 0 Å². The first-order valence-corrected chi connectivity index (χ1v) is 6.27. The number of benzene rings is 3. The Kier molecular flexibility index (Phi) is 1.69. The van der Waals surface area contributed by atoms with Crippen molar-refractivity contribution in [3.05, 3.63) is 59.2 Å². The van der Waals surface area contributed by atoms with E-state index in [2.05, 4.69) is 49.4 Å². The molecule has 82 valence electrons. The highest BCUT2D eigenvalue weighted by Gasteiger charge is 2.15. The lowest BCUT2D eigenvalue weighted by atomic mass is 9.85. The van der Waals surface area contributed by atoms with Crippen molar-refractivity contribution in [2.24, 2.45) is 0 Å². The van der Waals surface area contributed by atoms with Crippen LogP contribution in [0.15, 0.2) is 42.5 Å². The number of hydrogen-bond donors (Lipinski definition) is 0. The summed E-state index contributed by atoms with van der Waals surface area (Å²) >= 11 is 0. The van der Waals surface area contributed by atoms with Crippen molar-refractivity contribution in [2.45, 2.75) is 19.8 Å². The highest BCUT2D eigenvalue weighted by atomic mass is 14.2. The van der Waals surface area contributed by atoms with Crippen LogP contribution in [0.4, 0.5) is 0 Å².